The lowest BCUT2D eigenvalue weighted by molar-refractivity contribution is 0.0994. The first-order valence-electron chi connectivity index (χ1n) is 5.00. The highest BCUT2D eigenvalue weighted by Crippen LogP contribution is 2.16. The van der Waals surface area contributed by atoms with Crippen LogP contribution in [0.3, 0.4) is 0 Å². The van der Waals surface area contributed by atoms with Crippen molar-refractivity contribution in [3.8, 4) is 0 Å². The molecule has 0 fully saturated rings. The molecule has 2 unspecified atom stereocenters. The molecule has 0 saturated heterocycles. The summed E-state index contributed by atoms with van der Waals surface area (Å²) < 4.78 is 0. The zero-order valence-corrected chi connectivity index (χ0v) is 9.83. The van der Waals surface area contributed by atoms with E-state index in [0.29, 0.717) is 5.75 Å². The van der Waals surface area contributed by atoms with Crippen LogP contribution in [-0.2, 0) is 0 Å². The molecule has 3 heteroatoms. The Kier molecular flexibility index (Phi) is 4.85. The number of hydrogen-bond donors (Lipinski definition) is 1. The van der Waals surface area contributed by atoms with Crippen LogP contribution in [0.15, 0.2) is 30.3 Å². The minimum absolute atomic E-state index is 0.0954. The molecular formula is C12H16O2S. The lowest BCUT2D eigenvalue weighted by Gasteiger charge is -2.11. The molecule has 1 aromatic carbocycles. The van der Waals surface area contributed by atoms with Gasteiger partial charge in [0, 0.05) is 11.3 Å². The van der Waals surface area contributed by atoms with Crippen LogP contribution in [0.4, 0.5) is 0 Å². The van der Waals surface area contributed by atoms with E-state index in [4.69, 9.17) is 5.11 Å². The molecule has 0 saturated carbocycles. The highest BCUT2D eigenvalue weighted by atomic mass is 32.2. The van der Waals surface area contributed by atoms with E-state index in [9.17, 15) is 4.79 Å². The van der Waals surface area contributed by atoms with Gasteiger partial charge in [-0.15, -0.1) is 11.8 Å². The second kappa shape index (κ2) is 5.93. The number of carbonyl (C=O) groups is 1. The smallest absolute Gasteiger partial charge is 0.175 e. The van der Waals surface area contributed by atoms with Gasteiger partial charge in [-0.2, -0.15) is 0 Å². The first kappa shape index (κ1) is 12.3. The SMILES string of the molecule is CC(O)CSC(C)C(=O)c1ccccc1. The Morgan fingerprint density at radius 1 is 1.33 bits per heavy atom. The van der Waals surface area contributed by atoms with Crippen LogP contribution in [-0.4, -0.2) is 28.0 Å². The average molecular weight is 224 g/mol. The normalized spacial score (nSPS) is 14.6. The molecule has 0 heterocycles. The highest BCUT2D eigenvalue weighted by Gasteiger charge is 2.15. The van der Waals surface area contributed by atoms with Gasteiger partial charge >= 0.3 is 0 Å². The standard InChI is InChI=1S/C12H16O2S/c1-9(13)8-15-10(2)12(14)11-6-4-3-5-7-11/h3-7,9-10,13H,8H2,1-2H3. The van der Waals surface area contributed by atoms with Crippen molar-refractivity contribution in [1.82, 2.24) is 0 Å². The molecule has 2 nitrogen and oxygen atoms in total. The predicted octanol–water partition coefficient (Wildman–Crippen LogP) is 2.37. The minimum Gasteiger partial charge on any atom is -0.393 e. The fraction of sp³-hybridized carbons (Fsp3) is 0.417. The van der Waals surface area contributed by atoms with Crippen molar-refractivity contribution in [1.29, 1.82) is 0 Å². The van der Waals surface area contributed by atoms with Gasteiger partial charge in [0.2, 0.25) is 0 Å². The molecule has 1 rings (SSSR count). The van der Waals surface area contributed by atoms with Crippen molar-refractivity contribution in [2.75, 3.05) is 5.75 Å². The maximum Gasteiger partial charge on any atom is 0.175 e. The maximum absolute atomic E-state index is 11.9. The summed E-state index contributed by atoms with van der Waals surface area (Å²) in [6.45, 7) is 3.61. The number of hydrogen-bond acceptors (Lipinski definition) is 3. The number of aliphatic hydroxyl groups excluding tert-OH is 1. The van der Waals surface area contributed by atoms with Crippen LogP contribution >= 0.6 is 11.8 Å². The van der Waals surface area contributed by atoms with Crippen LogP contribution in [0.5, 0.6) is 0 Å². The molecule has 0 aliphatic rings. The van der Waals surface area contributed by atoms with Crippen molar-refractivity contribution < 1.29 is 9.90 Å². The van der Waals surface area contributed by atoms with Gasteiger partial charge in [-0.3, -0.25) is 4.79 Å². The summed E-state index contributed by atoms with van der Waals surface area (Å²) >= 11 is 1.49. The average Bonchev–Trinajstić information content (AvgIpc) is 2.26. The Labute approximate surface area is 94.7 Å². The Morgan fingerprint density at radius 2 is 1.93 bits per heavy atom. The number of ketones is 1. The fourth-order valence-corrected chi connectivity index (χ4v) is 2.05. The van der Waals surface area contributed by atoms with Gasteiger partial charge in [0.05, 0.1) is 11.4 Å². The quantitative estimate of drug-likeness (QED) is 0.780. The van der Waals surface area contributed by atoms with Gasteiger partial charge in [0.25, 0.3) is 0 Å². The van der Waals surface area contributed by atoms with Crippen molar-refractivity contribution in [3.63, 3.8) is 0 Å². The van der Waals surface area contributed by atoms with Crippen LogP contribution < -0.4 is 0 Å². The third kappa shape index (κ3) is 4.06. The van der Waals surface area contributed by atoms with Crippen molar-refractivity contribution in [3.05, 3.63) is 35.9 Å². The lowest BCUT2D eigenvalue weighted by atomic mass is 10.1. The van der Waals surface area contributed by atoms with Gasteiger partial charge < -0.3 is 5.11 Å². The minimum atomic E-state index is -0.360. The number of benzene rings is 1. The molecule has 82 valence electrons. The van der Waals surface area contributed by atoms with Gasteiger partial charge in [-0.05, 0) is 13.8 Å². The second-order valence-electron chi connectivity index (χ2n) is 3.55. The van der Waals surface area contributed by atoms with E-state index < -0.39 is 0 Å². The topological polar surface area (TPSA) is 37.3 Å². The molecule has 2 atom stereocenters. The molecule has 0 aliphatic carbocycles. The molecular weight excluding hydrogens is 208 g/mol. The van der Waals surface area contributed by atoms with Crippen molar-refractivity contribution >= 4 is 17.5 Å². The fourth-order valence-electron chi connectivity index (χ4n) is 1.20. The number of aliphatic hydroxyl groups is 1. The van der Waals surface area contributed by atoms with Crippen LogP contribution in [0.25, 0.3) is 0 Å². The lowest BCUT2D eigenvalue weighted by Crippen LogP contribution is -2.16. The first-order valence-corrected chi connectivity index (χ1v) is 6.05. The first-order chi connectivity index (χ1) is 7.11. The van der Waals surface area contributed by atoms with Gasteiger partial charge in [-0.25, -0.2) is 0 Å². The molecule has 15 heavy (non-hydrogen) atoms. The van der Waals surface area contributed by atoms with E-state index in [1.807, 2.05) is 37.3 Å². The molecule has 0 bridgehead atoms. The second-order valence-corrected chi connectivity index (χ2v) is 4.93. The third-order valence-corrected chi connectivity index (χ3v) is 3.40. The van der Waals surface area contributed by atoms with Crippen molar-refractivity contribution in [2.24, 2.45) is 0 Å². The maximum atomic E-state index is 11.9. The van der Waals surface area contributed by atoms with Crippen molar-refractivity contribution in [2.45, 2.75) is 25.2 Å². The Bertz CT molecular complexity index is 309. The summed E-state index contributed by atoms with van der Waals surface area (Å²) in [5.41, 5.74) is 0.739. The molecule has 1 aromatic rings. The number of thioether (sulfide) groups is 1. The summed E-state index contributed by atoms with van der Waals surface area (Å²) in [4.78, 5) is 11.9. The van der Waals surface area contributed by atoms with Crippen LogP contribution in [0.1, 0.15) is 24.2 Å². The zero-order chi connectivity index (χ0) is 11.3. The summed E-state index contributed by atoms with van der Waals surface area (Å²) in [5.74, 6) is 0.723. The van der Waals surface area contributed by atoms with E-state index >= 15 is 0 Å². The Hall–Kier alpha value is -0.800. The van der Waals surface area contributed by atoms with E-state index in [2.05, 4.69) is 0 Å². The monoisotopic (exact) mass is 224 g/mol. The molecule has 0 amide bonds. The highest BCUT2D eigenvalue weighted by molar-refractivity contribution is 8.00. The van der Waals surface area contributed by atoms with E-state index in [1.165, 1.54) is 11.8 Å². The number of rotatable bonds is 5. The number of Topliss-reactive ketones (excluding diaryl/α,β-unsaturated/α-hetero) is 1. The van der Waals surface area contributed by atoms with E-state index in [0.717, 1.165) is 5.56 Å². The predicted molar refractivity (Wildman–Crippen MR) is 64.4 cm³/mol. The molecule has 0 spiro atoms. The largest absolute Gasteiger partial charge is 0.393 e. The number of carbonyl (C=O) groups excluding carboxylic acids is 1. The summed E-state index contributed by atoms with van der Waals surface area (Å²) in [5, 5.41) is 9.03. The summed E-state index contributed by atoms with van der Waals surface area (Å²) in [6, 6.07) is 9.26. The molecule has 0 radical (unpaired) electrons. The van der Waals surface area contributed by atoms with Gasteiger partial charge in [0.15, 0.2) is 5.78 Å². The van der Waals surface area contributed by atoms with Gasteiger partial charge in [-0.1, -0.05) is 30.3 Å². The molecule has 1 N–H and O–H groups in total. The Morgan fingerprint density at radius 3 is 2.47 bits per heavy atom. The zero-order valence-electron chi connectivity index (χ0n) is 9.01. The molecule has 0 aromatic heterocycles. The summed E-state index contributed by atoms with van der Waals surface area (Å²) in [6.07, 6.45) is -0.360. The van der Waals surface area contributed by atoms with Gasteiger partial charge in [0.1, 0.15) is 0 Å². The third-order valence-electron chi connectivity index (χ3n) is 2.01. The Balaban J connectivity index is 2.54. The van der Waals surface area contributed by atoms with Crippen LogP contribution in [0.2, 0.25) is 0 Å². The molecule has 0 aliphatic heterocycles. The van der Waals surface area contributed by atoms with Crippen LogP contribution in [0, 0.1) is 0 Å². The summed E-state index contributed by atoms with van der Waals surface area (Å²) in [7, 11) is 0. The van der Waals surface area contributed by atoms with E-state index in [-0.39, 0.29) is 17.1 Å². The van der Waals surface area contributed by atoms with E-state index in [1.54, 1.807) is 6.92 Å².